The second kappa shape index (κ2) is 7.17. The maximum atomic E-state index is 8.74. The summed E-state index contributed by atoms with van der Waals surface area (Å²) in [4.78, 5) is 2.05. The van der Waals surface area contributed by atoms with Crippen LogP contribution in [0, 0.1) is 6.92 Å². The van der Waals surface area contributed by atoms with E-state index in [-0.39, 0.29) is 6.73 Å². The summed E-state index contributed by atoms with van der Waals surface area (Å²) in [5, 5.41) is 0. The molecule has 7 nitrogen and oxygen atoms in total. The Morgan fingerprint density at radius 2 is 1.83 bits per heavy atom. The zero-order valence-electron chi connectivity index (χ0n) is 10.5. The Kier molecular flexibility index (Phi) is 6.63. The number of ether oxygens (including phenoxy) is 1. The van der Waals surface area contributed by atoms with Crippen molar-refractivity contribution in [2.45, 2.75) is 6.92 Å². The summed E-state index contributed by atoms with van der Waals surface area (Å²) in [6.07, 6.45) is 0. The minimum absolute atomic E-state index is 0.224. The zero-order valence-corrected chi connectivity index (χ0v) is 11.3. The number of benzene rings is 1. The molecule has 0 amide bonds. The third kappa shape index (κ3) is 7.85. The molecule has 0 saturated heterocycles. The first-order valence-corrected chi connectivity index (χ1v) is 6.35. The number of anilines is 1. The van der Waals surface area contributed by atoms with Crippen LogP contribution in [0.3, 0.4) is 0 Å². The van der Waals surface area contributed by atoms with Crippen LogP contribution >= 0.6 is 0 Å². The highest BCUT2D eigenvalue weighted by molar-refractivity contribution is 7.79. The minimum Gasteiger partial charge on any atom is -0.478 e. The Morgan fingerprint density at radius 3 is 2.17 bits per heavy atom. The maximum Gasteiger partial charge on any atom is 0.394 e. The van der Waals surface area contributed by atoms with Gasteiger partial charge < -0.3 is 9.64 Å². The molecular weight excluding hydrogens is 260 g/mol. The van der Waals surface area contributed by atoms with Gasteiger partial charge in [-0.25, -0.2) is 0 Å². The van der Waals surface area contributed by atoms with Gasteiger partial charge in [-0.2, -0.15) is 8.42 Å². The Balaban J connectivity index is 0.000000494. The summed E-state index contributed by atoms with van der Waals surface area (Å²) in [6.45, 7) is 2.24. The van der Waals surface area contributed by atoms with Crippen LogP contribution in [-0.2, 0) is 10.4 Å². The van der Waals surface area contributed by atoms with E-state index in [1.54, 1.807) is 0 Å². The van der Waals surface area contributed by atoms with Crippen molar-refractivity contribution in [1.29, 1.82) is 0 Å². The number of aryl methyl sites for hydroxylation is 1. The average molecular weight is 278 g/mol. The molecule has 104 valence electrons. The summed E-state index contributed by atoms with van der Waals surface area (Å²) < 4.78 is 36.8. The van der Waals surface area contributed by atoms with Gasteiger partial charge >= 0.3 is 10.4 Å². The Labute approximate surface area is 107 Å². The maximum absolute atomic E-state index is 8.74. The van der Waals surface area contributed by atoms with Crippen LogP contribution in [0.4, 0.5) is 5.69 Å². The molecular formula is C10H18N2O5S. The highest BCUT2D eigenvalue weighted by Crippen LogP contribution is 2.22. The predicted molar refractivity (Wildman–Crippen MR) is 69.4 cm³/mol. The van der Waals surface area contributed by atoms with Crippen LogP contribution in [0.15, 0.2) is 18.2 Å². The van der Waals surface area contributed by atoms with Gasteiger partial charge in [0.05, 0.1) is 0 Å². The molecule has 18 heavy (non-hydrogen) atoms. The van der Waals surface area contributed by atoms with E-state index in [1.807, 2.05) is 33.2 Å². The number of rotatable bonds is 3. The lowest BCUT2D eigenvalue weighted by molar-refractivity contribution is 0.327. The largest absolute Gasteiger partial charge is 0.478 e. The van der Waals surface area contributed by atoms with E-state index >= 15 is 0 Å². The van der Waals surface area contributed by atoms with Crippen molar-refractivity contribution in [3.63, 3.8) is 0 Å². The SMILES string of the molecule is Cc1cc(N(C)C)ccc1OCN.O=S(=O)(O)O. The molecule has 0 unspecified atom stereocenters. The van der Waals surface area contributed by atoms with E-state index in [0.717, 1.165) is 11.3 Å². The molecule has 0 aliphatic rings. The zero-order chi connectivity index (χ0) is 14.3. The third-order valence-corrected chi connectivity index (χ3v) is 1.91. The number of hydrogen-bond acceptors (Lipinski definition) is 5. The van der Waals surface area contributed by atoms with Crippen molar-refractivity contribution < 1.29 is 22.3 Å². The van der Waals surface area contributed by atoms with Crippen molar-refractivity contribution in [2.24, 2.45) is 5.73 Å². The van der Waals surface area contributed by atoms with Crippen molar-refractivity contribution >= 4 is 16.1 Å². The summed E-state index contributed by atoms with van der Waals surface area (Å²) in [5.74, 6) is 0.855. The molecule has 0 atom stereocenters. The lowest BCUT2D eigenvalue weighted by atomic mass is 10.2. The van der Waals surface area contributed by atoms with Gasteiger partial charge in [-0.1, -0.05) is 0 Å². The average Bonchev–Trinajstić information content (AvgIpc) is 2.18. The summed E-state index contributed by atoms with van der Waals surface area (Å²) in [7, 11) is -0.642. The van der Waals surface area contributed by atoms with Crippen LogP contribution in [0.25, 0.3) is 0 Å². The predicted octanol–water partition coefficient (Wildman–Crippen LogP) is 0.703. The molecule has 1 rings (SSSR count). The summed E-state index contributed by atoms with van der Waals surface area (Å²) in [5.41, 5.74) is 7.57. The molecule has 1 aromatic rings. The quantitative estimate of drug-likeness (QED) is 0.551. The molecule has 0 bridgehead atoms. The Bertz CT molecular complexity index is 465. The molecule has 0 fully saturated rings. The molecule has 0 aromatic heterocycles. The van der Waals surface area contributed by atoms with E-state index in [9.17, 15) is 0 Å². The molecule has 0 aliphatic carbocycles. The molecule has 1 aromatic carbocycles. The first-order valence-electron chi connectivity index (χ1n) is 4.96. The number of hydrogen-bond donors (Lipinski definition) is 3. The van der Waals surface area contributed by atoms with E-state index in [2.05, 4.69) is 11.0 Å². The summed E-state index contributed by atoms with van der Waals surface area (Å²) in [6, 6.07) is 6.03. The topological polar surface area (TPSA) is 113 Å². The first kappa shape index (κ1) is 16.6. The third-order valence-electron chi connectivity index (χ3n) is 1.91. The fraction of sp³-hybridized carbons (Fsp3) is 0.400. The van der Waals surface area contributed by atoms with Crippen molar-refractivity contribution in [3.8, 4) is 5.75 Å². The van der Waals surface area contributed by atoms with E-state index in [0.29, 0.717) is 0 Å². The van der Waals surface area contributed by atoms with Gasteiger partial charge in [0.15, 0.2) is 0 Å². The van der Waals surface area contributed by atoms with Crippen LogP contribution in [0.5, 0.6) is 5.75 Å². The van der Waals surface area contributed by atoms with E-state index < -0.39 is 10.4 Å². The van der Waals surface area contributed by atoms with Crippen LogP contribution < -0.4 is 15.4 Å². The number of nitrogens with two attached hydrogens (primary N) is 1. The van der Waals surface area contributed by atoms with Gasteiger partial charge in [-0.15, -0.1) is 0 Å². The van der Waals surface area contributed by atoms with Crippen molar-refractivity contribution in [3.05, 3.63) is 23.8 Å². The van der Waals surface area contributed by atoms with Crippen LogP contribution in [0.1, 0.15) is 5.56 Å². The Morgan fingerprint density at radius 1 is 1.33 bits per heavy atom. The minimum atomic E-state index is -4.67. The smallest absolute Gasteiger partial charge is 0.394 e. The monoisotopic (exact) mass is 278 g/mol. The highest BCUT2D eigenvalue weighted by Gasteiger charge is 2.01. The molecule has 0 aliphatic heterocycles. The molecule has 0 saturated carbocycles. The fourth-order valence-electron chi connectivity index (χ4n) is 1.16. The van der Waals surface area contributed by atoms with Crippen molar-refractivity contribution in [2.75, 3.05) is 25.7 Å². The van der Waals surface area contributed by atoms with Gasteiger partial charge in [0.2, 0.25) is 0 Å². The summed E-state index contributed by atoms with van der Waals surface area (Å²) >= 11 is 0. The Hall–Kier alpha value is -1.35. The normalized spacial score (nSPS) is 10.3. The van der Waals surface area contributed by atoms with Crippen LogP contribution in [0.2, 0.25) is 0 Å². The second-order valence-corrected chi connectivity index (χ2v) is 4.50. The van der Waals surface area contributed by atoms with E-state index in [1.165, 1.54) is 5.69 Å². The molecule has 8 heteroatoms. The number of nitrogens with zero attached hydrogens (tertiary/aromatic N) is 1. The standard InChI is InChI=1S/C10H16N2O.H2O4S/c1-8-6-9(12(2)3)4-5-10(8)13-7-11;1-5(2,3)4/h4-6H,7,11H2,1-3H3;(H2,1,2,3,4). The van der Waals surface area contributed by atoms with Gasteiger partial charge in [0.1, 0.15) is 12.5 Å². The van der Waals surface area contributed by atoms with Crippen molar-refractivity contribution in [1.82, 2.24) is 0 Å². The fourth-order valence-corrected chi connectivity index (χ4v) is 1.16. The van der Waals surface area contributed by atoms with Crippen LogP contribution in [-0.4, -0.2) is 38.3 Å². The molecule has 4 N–H and O–H groups in total. The van der Waals surface area contributed by atoms with Gasteiger partial charge in [-0.05, 0) is 30.7 Å². The second-order valence-electron chi connectivity index (χ2n) is 3.60. The van der Waals surface area contributed by atoms with E-state index in [4.69, 9.17) is 28.0 Å². The van der Waals surface area contributed by atoms with Gasteiger partial charge in [-0.3, -0.25) is 14.8 Å². The lowest BCUT2D eigenvalue weighted by Gasteiger charge is -2.14. The molecule has 0 spiro atoms. The van der Waals surface area contributed by atoms with Gasteiger partial charge in [0.25, 0.3) is 0 Å². The molecule has 0 heterocycles. The lowest BCUT2D eigenvalue weighted by Crippen LogP contribution is -2.10. The van der Waals surface area contributed by atoms with Gasteiger partial charge in [0, 0.05) is 19.8 Å². The highest BCUT2D eigenvalue weighted by atomic mass is 32.3. The molecule has 0 radical (unpaired) electrons. The first-order chi connectivity index (χ1) is 8.15.